The van der Waals surface area contributed by atoms with Gasteiger partial charge in [0.05, 0.1) is 0 Å². The fraction of sp³-hybridized carbons (Fsp3) is 0.263. The van der Waals surface area contributed by atoms with Crippen LogP contribution in [0.25, 0.3) is 0 Å². The molecule has 2 rings (SSSR count). The molecule has 0 aliphatic rings. The summed E-state index contributed by atoms with van der Waals surface area (Å²) >= 11 is 1.73. The molecule has 1 amide bonds. The number of carbonyl (C=O) groups is 2. The lowest BCUT2D eigenvalue weighted by molar-refractivity contribution is -0.137. The maximum Gasteiger partial charge on any atom is 0.303 e. The van der Waals surface area contributed by atoms with Gasteiger partial charge in [-0.1, -0.05) is 30.3 Å². The second-order valence-corrected chi connectivity index (χ2v) is 6.45. The average Bonchev–Trinajstić information content (AvgIpc) is 2.60. The van der Waals surface area contributed by atoms with Crippen LogP contribution in [0.3, 0.4) is 0 Å². The van der Waals surface area contributed by atoms with Crippen molar-refractivity contribution >= 4 is 23.6 Å². The highest BCUT2D eigenvalue weighted by molar-refractivity contribution is 7.98. The molecule has 0 radical (unpaired) electrons. The summed E-state index contributed by atoms with van der Waals surface area (Å²) in [7, 11) is 0. The van der Waals surface area contributed by atoms with Crippen LogP contribution in [-0.2, 0) is 10.5 Å². The molecule has 2 N–H and O–H groups in total. The van der Waals surface area contributed by atoms with Crippen molar-refractivity contribution < 1.29 is 14.7 Å². The first-order valence-electron chi connectivity index (χ1n) is 7.92. The van der Waals surface area contributed by atoms with E-state index < -0.39 is 5.97 Å². The van der Waals surface area contributed by atoms with E-state index in [0.29, 0.717) is 24.9 Å². The molecule has 0 saturated carbocycles. The van der Waals surface area contributed by atoms with Gasteiger partial charge >= 0.3 is 5.97 Å². The van der Waals surface area contributed by atoms with E-state index >= 15 is 0 Å². The number of carboxylic acid groups (broad SMARTS) is 1. The van der Waals surface area contributed by atoms with Gasteiger partial charge in [-0.25, -0.2) is 0 Å². The topological polar surface area (TPSA) is 66.4 Å². The summed E-state index contributed by atoms with van der Waals surface area (Å²) in [6.07, 6.45) is 1.39. The first-order valence-corrected chi connectivity index (χ1v) is 8.90. The number of aliphatic carboxylic acids is 1. The molecule has 0 saturated heterocycles. The van der Waals surface area contributed by atoms with Gasteiger partial charge in [0.1, 0.15) is 0 Å². The number of thioether (sulfide) groups is 1. The van der Waals surface area contributed by atoms with E-state index in [2.05, 4.69) is 17.4 Å². The number of unbranched alkanes of at least 4 members (excludes halogenated alkanes) is 1. The molecule has 4 nitrogen and oxygen atoms in total. The number of hydrogen-bond donors (Lipinski definition) is 2. The van der Waals surface area contributed by atoms with Crippen LogP contribution in [-0.4, -0.2) is 23.5 Å². The summed E-state index contributed by atoms with van der Waals surface area (Å²) in [5.74, 6) is -0.0227. The second-order valence-electron chi connectivity index (χ2n) is 5.41. The number of hydrogen-bond acceptors (Lipinski definition) is 3. The zero-order valence-corrected chi connectivity index (χ0v) is 14.2. The van der Waals surface area contributed by atoms with Crippen LogP contribution in [0.1, 0.15) is 35.2 Å². The Hall–Kier alpha value is -2.27. The number of nitrogens with one attached hydrogen (secondary N) is 1. The van der Waals surface area contributed by atoms with Crippen LogP contribution in [0.15, 0.2) is 59.5 Å². The largest absolute Gasteiger partial charge is 0.481 e. The smallest absolute Gasteiger partial charge is 0.303 e. The van der Waals surface area contributed by atoms with Crippen LogP contribution in [0, 0.1) is 0 Å². The Balaban J connectivity index is 1.74. The zero-order valence-electron chi connectivity index (χ0n) is 13.4. The molecule has 0 atom stereocenters. The Morgan fingerprint density at radius 1 is 0.958 bits per heavy atom. The Morgan fingerprint density at radius 2 is 1.67 bits per heavy atom. The van der Waals surface area contributed by atoms with Crippen LogP contribution in [0.5, 0.6) is 0 Å². The minimum Gasteiger partial charge on any atom is -0.481 e. The third-order valence-electron chi connectivity index (χ3n) is 3.47. The number of rotatable bonds is 9. The van der Waals surface area contributed by atoms with Gasteiger partial charge < -0.3 is 10.4 Å². The Kier molecular flexibility index (Phi) is 7.36. The summed E-state index contributed by atoms with van der Waals surface area (Å²) in [5.41, 5.74) is 1.89. The fourth-order valence-electron chi connectivity index (χ4n) is 2.15. The van der Waals surface area contributed by atoms with E-state index in [9.17, 15) is 9.59 Å². The van der Waals surface area contributed by atoms with Crippen LogP contribution in [0.4, 0.5) is 0 Å². The molecule has 126 valence electrons. The zero-order chi connectivity index (χ0) is 17.2. The number of benzene rings is 2. The summed E-state index contributed by atoms with van der Waals surface area (Å²) in [6, 6.07) is 17.8. The van der Waals surface area contributed by atoms with Gasteiger partial charge in [0, 0.05) is 29.2 Å². The van der Waals surface area contributed by atoms with E-state index in [0.717, 1.165) is 10.6 Å². The minimum absolute atomic E-state index is 0.120. The molecular formula is C19H21NO3S. The van der Waals surface area contributed by atoms with Gasteiger partial charge in [0.15, 0.2) is 0 Å². The highest BCUT2D eigenvalue weighted by Crippen LogP contribution is 2.22. The maximum absolute atomic E-state index is 12.0. The Morgan fingerprint density at radius 3 is 2.33 bits per heavy atom. The van der Waals surface area contributed by atoms with E-state index in [-0.39, 0.29) is 12.3 Å². The molecule has 24 heavy (non-hydrogen) atoms. The standard InChI is InChI=1S/C19H21NO3S/c21-18(22)8-4-5-13-20-19(23)16-9-11-17(12-10-16)24-14-15-6-2-1-3-7-15/h1-3,6-7,9-12H,4-5,8,13-14H2,(H,20,23)(H,21,22). The summed E-state index contributed by atoms with van der Waals surface area (Å²) in [5, 5.41) is 11.4. The molecule has 0 aliphatic heterocycles. The monoisotopic (exact) mass is 343 g/mol. The quantitative estimate of drug-likeness (QED) is 0.534. The molecule has 0 spiro atoms. The number of carboxylic acids is 1. The van der Waals surface area contributed by atoms with E-state index in [1.165, 1.54) is 5.56 Å². The van der Waals surface area contributed by atoms with Crippen molar-refractivity contribution in [2.24, 2.45) is 0 Å². The molecule has 2 aromatic rings. The summed E-state index contributed by atoms with van der Waals surface area (Å²) < 4.78 is 0. The van der Waals surface area contributed by atoms with Crippen molar-refractivity contribution in [1.82, 2.24) is 5.32 Å². The van der Waals surface area contributed by atoms with Crippen molar-refractivity contribution in [3.8, 4) is 0 Å². The van der Waals surface area contributed by atoms with Gasteiger partial charge in [0.2, 0.25) is 0 Å². The van der Waals surface area contributed by atoms with Crippen molar-refractivity contribution in [2.75, 3.05) is 6.54 Å². The first kappa shape index (κ1) is 18.1. The molecule has 0 aliphatic carbocycles. The lowest BCUT2D eigenvalue weighted by Gasteiger charge is -2.06. The molecule has 0 aromatic heterocycles. The average molecular weight is 343 g/mol. The third kappa shape index (κ3) is 6.46. The van der Waals surface area contributed by atoms with Crippen molar-refractivity contribution in [1.29, 1.82) is 0 Å². The molecule has 5 heteroatoms. The van der Waals surface area contributed by atoms with Gasteiger partial charge in [-0.05, 0) is 42.7 Å². The summed E-state index contributed by atoms with van der Waals surface area (Å²) in [4.78, 5) is 23.5. The van der Waals surface area contributed by atoms with Crippen molar-refractivity contribution in [3.05, 3.63) is 65.7 Å². The maximum atomic E-state index is 12.0. The second kappa shape index (κ2) is 9.78. The van der Waals surface area contributed by atoms with E-state index in [1.54, 1.807) is 11.8 Å². The van der Waals surface area contributed by atoms with Gasteiger partial charge in [-0.15, -0.1) is 11.8 Å². The SMILES string of the molecule is O=C(O)CCCCNC(=O)c1ccc(SCc2ccccc2)cc1. The normalized spacial score (nSPS) is 10.3. The first-order chi connectivity index (χ1) is 11.6. The molecule has 0 bridgehead atoms. The third-order valence-corrected chi connectivity index (χ3v) is 4.55. The molecular weight excluding hydrogens is 322 g/mol. The highest BCUT2D eigenvalue weighted by Gasteiger charge is 2.05. The molecule has 2 aromatic carbocycles. The Labute approximate surface area is 146 Å². The fourth-order valence-corrected chi connectivity index (χ4v) is 3.00. The summed E-state index contributed by atoms with van der Waals surface area (Å²) in [6.45, 7) is 0.497. The van der Waals surface area contributed by atoms with Gasteiger partial charge in [-0.2, -0.15) is 0 Å². The number of amides is 1. The lowest BCUT2D eigenvalue weighted by Crippen LogP contribution is -2.24. The van der Waals surface area contributed by atoms with Crippen LogP contribution >= 0.6 is 11.8 Å². The lowest BCUT2D eigenvalue weighted by atomic mass is 10.2. The minimum atomic E-state index is -0.801. The predicted octanol–water partition coefficient (Wildman–Crippen LogP) is 3.96. The highest BCUT2D eigenvalue weighted by atomic mass is 32.2. The molecule has 0 unspecified atom stereocenters. The van der Waals surface area contributed by atoms with E-state index in [4.69, 9.17) is 5.11 Å². The van der Waals surface area contributed by atoms with Gasteiger partial charge in [0.25, 0.3) is 5.91 Å². The molecule has 0 heterocycles. The predicted molar refractivity (Wildman–Crippen MR) is 96.3 cm³/mol. The van der Waals surface area contributed by atoms with Gasteiger partial charge in [-0.3, -0.25) is 9.59 Å². The van der Waals surface area contributed by atoms with Crippen LogP contribution in [0.2, 0.25) is 0 Å². The molecule has 0 fully saturated rings. The van der Waals surface area contributed by atoms with Crippen molar-refractivity contribution in [3.63, 3.8) is 0 Å². The van der Waals surface area contributed by atoms with E-state index in [1.807, 2.05) is 42.5 Å². The Bertz CT molecular complexity index is 656. The van der Waals surface area contributed by atoms with Crippen LogP contribution < -0.4 is 5.32 Å². The van der Waals surface area contributed by atoms with Crippen molar-refractivity contribution in [2.45, 2.75) is 29.9 Å². The number of carbonyl (C=O) groups excluding carboxylic acids is 1.